The average molecular weight is 413 g/mol. The zero-order valence-electron chi connectivity index (χ0n) is 17.8. The minimum atomic E-state index is -0.804. The Labute approximate surface area is 178 Å². The third-order valence-corrected chi connectivity index (χ3v) is 6.80. The van der Waals surface area contributed by atoms with Gasteiger partial charge in [-0.25, -0.2) is 4.79 Å². The number of urea groups is 1. The van der Waals surface area contributed by atoms with Gasteiger partial charge in [0, 0.05) is 24.5 Å². The molecule has 0 bridgehead atoms. The molecule has 2 aliphatic heterocycles. The number of hydrogen-bond acceptors (Lipinski definition) is 4. The van der Waals surface area contributed by atoms with Crippen LogP contribution in [0.5, 0.6) is 0 Å². The quantitative estimate of drug-likeness (QED) is 0.742. The van der Waals surface area contributed by atoms with Crippen LogP contribution in [-0.4, -0.2) is 47.9 Å². The number of piperidine rings is 1. The van der Waals surface area contributed by atoms with E-state index in [9.17, 15) is 14.4 Å². The number of hydrogen-bond donors (Lipinski definition) is 2. The lowest BCUT2D eigenvalue weighted by atomic mass is 9.90. The van der Waals surface area contributed by atoms with Crippen LogP contribution in [0, 0.1) is 5.92 Å². The van der Waals surface area contributed by atoms with Gasteiger partial charge in [0.15, 0.2) is 0 Å². The molecule has 1 saturated carbocycles. The van der Waals surface area contributed by atoms with Crippen LogP contribution >= 0.6 is 0 Å². The lowest BCUT2D eigenvalue weighted by molar-refractivity contribution is -0.134. The van der Waals surface area contributed by atoms with Crippen molar-refractivity contribution in [3.05, 3.63) is 24.3 Å². The fourth-order valence-electron chi connectivity index (χ4n) is 4.86. The number of imide groups is 1. The highest BCUT2D eigenvalue weighted by Crippen LogP contribution is 2.32. The average Bonchev–Trinajstić information content (AvgIpc) is 2.90. The lowest BCUT2D eigenvalue weighted by Crippen LogP contribution is -2.47. The van der Waals surface area contributed by atoms with Gasteiger partial charge in [0.2, 0.25) is 5.91 Å². The van der Waals surface area contributed by atoms with Crippen LogP contribution in [-0.2, 0) is 9.59 Å². The van der Waals surface area contributed by atoms with Gasteiger partial charge in [-0.3, -0.25) is 14.5 Å². The molecule has 0 radical (unpaired) electrons. The Bertz CT molecular complexity index is 791. The summed E-state index contributed by atoms with van der Waals surface area (Å²) in [5.74, 6) is 0.172. The Morgan fingerprint density at radius 1 is 1.07 bits per heavy atom. The summed E-state index contributed by atoms with van der Waals surface area (Å²) in [7, 11) is 0. The molecule has 7 nitrogen and oxygen atoms in total. The first-order valence-electron chi connectivity index (χ1n) is 11.3. The summed E-state index contributed by atoms with van der Waals surface area (Å²) in [5, 5.41) is 5.70. The highest BCUT2D eigenvalue weighted by molar-refractivity contribution is 6.10. The molecule has 3 fully saturated rings. The number of amides is 4. The summed E-state index contributed by atoms with van der Waals surface area (Å²) >= 11 is 0. The fraction of sp³-hybridized carbons (Fsp3) is 0.609. The van der Waals surface area contributed by atoms with E-state index in [1.54, 1.807) is 0 Å². The molecule has 2 saturated heterocycles. The molecule has 1 aliphatic carbocycles. The Balaban J connectivity index is 1.34. The van der Waals surface area contributed by atoms with Gasteiger partial charge in [-0.05, 0) is 55.9 Å². The molecule has 7 heteroatoms. The number of anilines is 2. The largest absolute Gasteiger partial charge is 0.372 e. The van der Waals surface area contributed by atoms with Gasteiger partial charge in [0.05, 0.1) is 0 Å². The second-order valence-electron chi connectivity index (χ2n) is 9.08. The molecule has 30 heavy (non-hydrogen) atoms. The smallest absolute Gasteiger partial charge is 0.325 e. The van der Waals surface area contributed by atoms with Crippen molar-refractivity contribution in [2.75, 3.05) is 29.9 Å². The summed E-state index contributed by atoms with van der Waals surface area (Å²) < 4.78 is 0. The van der Waals surface area contributed by atoms with Crippen molar-refractivity contribution in [2.45, 2.75) is 63.8 Å². The molecule has 2 heterocycles. The summed E-state index contributed by atoms with van der Waals surface area (Å²) in [4.78, 5) is 41.3. The van der Waals surface area contributed by atoms with E-state index in [4.69, 9.17) is 0 Å². The Hall–Kier alpha value is -2.57. The standard InChI is InChI=1S/C23H32N4O3/c1-17-10-14-26(15-11-17)19-8-6-18(7-9-19)24-20(28)16-27-21(29)23(25-22(27)30)12-4-2-3-5-13-23/h6-9,17H,2-5,10-16H2,1H3,(H,24,28)(H,25,30). The highest BCUT2D eigenvalue weighted by Gasteiger charge is 2.51. The Kier molecular flexibility index (Phi) is 5.97. The van der Waals surface area contributed by atoms with Gasteiger partial charge in [0.1, 0.15) is 12.1 Å². The van der Waals surface area contributed by atoms with E-state index in [0.29, 0.717) is 18.5 Å². The molecule has 2 N–H and O–H groups in total. The molecule has 1 aromatic rings. The number of carbonyl (C=O) groups excluding carboxylic acids is 3. The van der Waals surface area contributed by atoms with Crippen molar-refractivity contribution in [3.63, 3.8) is 0 Å². The van der Waals surface area contributed by atoms with Crippen LogP contribution in [0.15, 0.2) is 24.3 Å². The van der Waals surface area contributed by atoms with E-state index in [1.807, 2.05) is 24.3 Å². The zero-order chi connectivity index (χ0) is 21.1. The first kappa shape index (κ1) is 20.7. The monoisotopic (exact) mass is 412 g/mol. The van der Waals surface area contributed by atoms with Gasteiger partial charge in [-0.15, -0.1) is 0 Å². The summed E-state index contributed by atoms with van der Waals surface area (Å²) in [6.45, 7) is 4.15. The van der Waals surface area contributed by atoms with Crippen LogP contribution in [0.25, 0.3) is 0 Å². The van der Waals surface area contributed by atoms with Gasteiger partial charge in [-0.2, -0.15) is 0 Å². The highest BCUT2D eigenvalue weighted by atomic mass is 16.2. The second kappa shape index (κ2) is 8.66. The molecule has 162 valence electrons. The van der Waals surface area contributed by atoms with Crippen LogP contribution in [0.2, 0.25) is 0 Å². The SMILES string of the molecule is CC1CCN(c2ccc(NC(=O)CN3C(=O)NC4(CCCCCC4)C3=O)cc2)CC1. The van der Waals surface area contributed by atoms with Crippen molar-refractivity contribution in [3.8, 4) is 0 Å². The molecular formula is C23H32N4O3. The van der Waals surface area contributed by atoms with E-state index in [0.717, 1.165) is 55.3 Å². The molecule has 4 rings (SSSR count). The number of nitrogens with zero attached hydrogens (tertiary/aromatic N) is 2. The van der Waals surface area contributed by atoms with E-state index in [2.05, 4.69) is 22.5 Å². The number of nitrogens with one attached hydrogen (secondary N) is 2. The maximum absolute atomic E-state index is 12.9. The molecule has 1 aromatic carbocycles. The van der Waals surface area contributed by atoms with Crippen LogP contribution in [0.4, 0.5) is 16.2 Å². The van der Waals surface area contributed by atoms with Crippen LogP contribution < -0.4 is 15.5 Å². The molecule has 0 unspecified atom stereocenters. The first-order valence-corrected chi connectivity index (χ1v) is 11.3. The summed E-state index contributed by atoms with van der Waals surface area (Å²) in [6.07, 6.45) is 7.73. The first-order chi connectivity index (χ1) is 14.5. The lowest BCUT2D eigenvalue weighted by Gasteiger charge is -2.32. The van der Waals surface area contributed by atoms with Gasteiger partial charge in [0.25, 0.3) is 5.91 Å². The number of benzene rings is 1. The molecule has 4 amide bonds. The molecule has 3 aliphatic rings. The van der Waals surface area contributed by atoms with Gasteiger partial charge < -0.3 is 15.5 Å². The molecule has 1 spiro atoms. The number of carbonyl (C=O) groups is 3. The predicted octanol–water partition coefficient (Wildman–Crippen LogP) is 3.51. The van der Waals surface area contributed by atoms with Crippen molar-refractivity contribution in [1.29, 1.82) is 0 Å². The maximum atomic E-state index is 12.9. The number of rotatable bonds is 4. The topological polar surface area (TPSA) is 81.8 Å². The predicted molar refractivity (Wildman–Crippen MR) is 116 cm³/mol. The van der Waals surface area contributed by atoms with Gasteiger partial charge in [-0.1, -0.05) is 32.6 Å². The van der Waals surface area contributed by atoms with Crippen molar-refractivity contribution < 1.29 is 14.4 Å². The van der Waals surface area contributed by atoms with E-state index in [1.165, 1.54) is 12.8 Å². The van der Waals surface area contributed by atoms with E-state index >= 15 is 0 Å². The Morgan fingerprint density at radius 3 is 2.33 bits per heavy atom. The third-order valence-electron chi connectivity index (χ3n) is 6.80. The minimum absolute atomic E-state index is 0.251. The van der Waals surface area contributed by atoms with Gasteiger partial charge >= 0.3 is 6.03 Å². The fourth-order valence-corrected chi connectivity index (χ4v) is 4.86. The molecule has 0 aromatic heterocycles. The molecule has 0 atom stereocenters. The molecular weight excluding hydrogens is 380 g/mol. The van der Waals surface area contributed by atoms with Crippen molar-refractivity contribution in [1.82, 2.24) is 10.2 Å². The minimum Gasteiger partial charge on any atom is -0.372 e. The van der Waals surface area contributed by atoms with E-state index in [-0.39, 0.29) is 18.4 Å². The van der Waals surface area contributed by atoms with Crippen molar-refractivity contribution >= 4 is 29.2 Å². The van der Waals surface area contributed by atoms with Crippen LogP contribution in [0.3, 0.4) is 0 Å². The van der Waals surface area contributed by atoms with Crippen LogP contribution in [0.1, 0.15) is 58.3 Å². The zero-order valence-corrected chi connectivity index (χ0v) is 17.8. The maximum Gasteiger partial charge on any atom is 0.325 e. The summed E-state index contributed by atoms with van der Waals surface area (Å²) in [5.41, 5.74) is 1.02. The Morgan fingerprint density at radius 2 is 1.70 bits per heavy atom. The summed E-state index contributed by atoms with van der Waals surface area (Å²) in [6, 6.07) is 7.33. The van der Waals surface area contributed by atoms with Crippen molar-refractivity contribution in [2.24, 2.45) is 5.92 Å². The third kappa shape index (κ3) is 4.30. The normalized spacial score (nSPS) is 22.2. The van der Waals surface area contributed by atoms with E-state index < -0.39 is 11.6 Å². The second-order valence-corrected chi connectivity index (χ2v) is 9.08.